The van der Waals surface area contributed by atoms with E-state index < -0.39 is 5.97 Å². The zero-order valence-corrected chi connectivity index (χ0v) is 12.4. The van der Waals surface area contributed by atoms with Gasteiger partial charge in [-0.1, -0.05) is 64.7 Å². The minimum Gasteiger partial charge on any atom is -0.481 e. The topological polar surface area (TPSA) is 77.8 Å². The van der Waals surface area contributed by atoms with Crippen molar-refractivity contribution in [2.24, 2.45) is 0 Å². The van der Waals surface area contributed by atoms with Crippen LogP contribution in [0.4, 0.5) is 0 Å². The summed E-state index contributed by atoms with van der Waals surface area (Å²) in [6.07, 6.45) is 12.9. The highest BCUT2D eigenvalue weighted by Gasteiger charge is 1.96. The lowest BCUT2D eigenvalue weighted by molar-refractivity contribution is -0.137. The molecule has 0 atom stereocenters. The molecule has 0 saturated heterocycles. The molecule has 0 spiro atoms. The number of hydrogen-bond acceptors (Lipinski definition) is 3. The number of aliphatic carboxylic acids is 1. The fourth-order valence-corrected chi connectivity index (χ4v) is 1.76. The maximum absolute atomic E-state index is 10.2. The van der Waals surface area contributed by atoms with Gasteiger partial charge in [-0.2, -0.15) is 0 Å². The van der Waals surface area contributed by atoms with Crippen molar-refractivity contribution < 1.29 is 20.1 Å². The van der Waals surface area contributed by atoms with Crippen LogP contribution in [-0.2, 0) is 4.79 Å². The SMILES string of the molecule is CCCCCCCCCCCCC(=O)O.OCCO. The van der Waals surface area contributed by atoms with Gasteiger partial charge in [0.05, 0.1) is 13.2 Å². The maximum atomic E-state index is 10.2. The highest BCUT2D eigenvalue weighted by molar-refractivity contribution is 5.66. The molecule has 0 aromatic heterocycles. The van der Waals surface area contributed by atoms with Gasteiger partial charge < -0.3 is 15.3 Å². The van der Waals surface area contributed by atoms with Crippen molar-refractivity contribution >= 4 is 5.97 Å². The molecule has 0 heterocycles. The summed E-state index contributed by atoms with van der Waals surface area (Å²) in [7, 11) is 0. The van der Waals surface area contributed by atoms with Gasteiger partial charge in [0.2, 0.25) is 0 Å². The first-order valence-electron chi connectivity index (χ1n) is 7.62. The Kier molecular flexibility index (Phi) is 21.5. The minimum absolute atomic E-state index is 0.125. The predicted molar refractivity (Wildman–Crippen MR) is 78.3 cm³/mol. The molecular formula is C15H32O4. The van der Waals surface area contributed by atoms with Crippen molar-refractivity contribution in [2.45, 2.75) is 77.6 Å². The molecule has 19 heavy (non-hydrogen) atoms. The standard InChI is InChI=1S/C13H26O2.C2H6O2/c1-2-3-4-5-6-7-8-9-10-11-12-13(14)15;3-1-2-4/h2-12H2,1H3,(H,14,15);3-4H,1-2H2. The molecule has 0 aromatic carbocycles. The first-order valence-corrected chi connectivity index (χ1v) is 7.62. The second-order valence-corrected chi connectivity index (χ2v) is 4.77. The fourth-order valence-electron chi connectivity index (χ4n) is 1.76. The molecule has 0 fully saturated rings. The Balaban J connectivity index is 0. The Morgan fingerprint density at radius 3 is 1.42 bits per heavy atom. The number of carboxylic acid groups (broad SMARTS) is 1. The van der Waals surface area contributed by atoms with E-state index in [0.717, 1.165) is 12.8 Å². The molecule has 4 heteroatoms. The second kappa shape index (κ2) is 19.7. The van der Waals surface area contributed by atoms with Crippen molar-refractivity contribution in [2.75, 3.05) is 13.2 Å². The van der Waals surface area contributed by atoms with Crippen LogP contribution in [0.5, 0.6) is 0 Å². The Labute approximate surface area is 117 Å². The molecule has 0 bridgehead atoms. The maximum Gasteiger partial charge on any atom is 0.303 e. The van der Waals surface area contributed by atoms with E-state index >= 15 is 0 Å². The third kappa shape index (κ3) is 26.8. The van der Waals surface area contributed by atoms with Crippen molar-refractivity contribution in [3.05, 3.63) is 0 Å². The molecule has 0 amide bonds. The summed E-state index contributed by atoms with van der Waals surface area (Å²) in [5.41, 5.74) is 0. The summed E-state index contributed by atoms with van der Waals surface area (Å²) in [6.45, 7) is 1.99. The van der Waals surface area contributed by atoms with Gasteiger partial charge in [-0.15, -0.1) is 0 Å². The summed E-state index contributed by atoms with van der Waals surface area (Å²) in [5.74, 6) is -0.658. The van der Waals surface area contributed by atoms with E-state index in [1.165, 1.54) is 51.4 Å². The van der Waals surface area contributed by atoms with Gasteiger partial charge in [0.15, 0.2) is 0 Å². The van der Waals surface area contributed by atoms with E-state index in [0.29, 0.717) is 6.42 Å². The van der Waals surface area contributed by atoms with Crippen molar-refractivity contribution in [3.63, 3.8) is 0 Å². The Morgan fingerprint density at radius 1 is 0.737 bits per heavy atom. The normalized spacial score (nSPS) is 9.84. The van der Waals surface area contributed by atoms with Crippen LogP contribution in [0.3, 0.4) is 0 Å². The number of aliphatic hydroxyl groups is 2. The van der Waals surface area contributed by atoms with Crippen LogP contribution in [0, 0.1) is 0 Å². The van der Waals surface area contributed by atoms with Crippen LogP contribution < -0.4 is 0 Å². The average molecular weight is 276 g/mol. The highest BCUT2D eigenvalue weighted by atomic mass is 16.4. The van der Waals surface area contributed by atoms with Gasteiger partial charge in [-0.3, -0.25) is 4.79 Å². The molecule has 0 aliphatic heterocycles. The molecule has 0 unspecified atom stereocenters. The van der Waals surface area contributed by atoms with Gasteiger partial charge in [0, 0.05) is 6.42 Å². The predicted octanol–water partition coefficient (Wildman–Crippen LogP) is 3.35. The van der Waals surface area contributed by atoms with E-state index in [9.17, 15) is 4.79 Å². The first-order chi connectivity index (χ1) is 9.18. The van der Waals surface area contributed by atoms with Crippen LogP contribution >= 0.6 is 0 Å². The van der Waals surface area contributed by atoms with E-state index in [1.807, 2.05) is 0 Å². The lowest BCUT2D eigenvalue weighted by Gasteiger charge is -2.01. The lowest BCUT2D eigenvalue weighted by atomic mass is 10.1. The Hall–Kier alpha value is -0.610. The number of carboxylic acids is 1. The second-order valence-electron chi connectivity index (χ2n) is 4.77. The molecule has 0 rings (SSSR count). The average Bonchev–Trinajstić information content (AvgIpc) is 2.41. The first kappa shape index (κ1) is 20.7. The summed E-state index contributed by atoms with van der Waals surface area (Å²) < 4.78 is 0. The minimum atomic E-state index is -0.658. The molecule has 4 nitrogen and oxygen atoms in total. The number of carbonyl (C=O) groups is 1. The monoisotopic (exact) mass is 276 g/mol. The summed E-state index contributed by atoms with van der Waals surface area (Å²) in [5, 5.41) is 23.7. The van der Waals surface area contributed by atoms with Crippen LogP contribution in [0.1, 0.15) is 77.6 Å². The third-order valence-corrected chi connectivity index (χ3v) is 2.84. The van der Waals surface area contributed by atoms with Gasteiger partial charge in [-0.25, -0.2) is 0 Å². The van der Waals surface area contributed by atoms with Gasteiger partial charge in [0.25, 0.3) is 0 Å². The van der Waals surface area contributed by atoms with Crippen molar-refractivity contribution in [1.82, 2.24) is 0 Å². The van der Waals surface area contributed by atoms with E-state index in [-0.39, 0.29) is 13.2 Å². The van der Waals surface area contributed by atoms with Crippen LogP contribution in [0.15, 0.2) is 0 Å². The van der Waals surface area contributed by atoms with E-state index in [2.05, 4.69) is 6.92 Å². The largest absolute Gasteiger partial charge is 0.481 e. The summed E-state index contributed by atoms with van der Waals surface area (Å²) in [6, 6.07) is 0. The van der Waals surface area contributed by atoms with Crippen molar-refractivity contribution in [3.8, 4) is 0 Å². The Morgan fingerprint density at radius 2 is 1.11 bits per heavy atom. The smallest absolute Gasteiger partial charge is 0.303 e. The van der Waals surface area contributed by atoms with Gasteiger partial charge in [0.1, 0.15) is 0 Å². The third-order valence-electron chi connectivity index (χ3n) is 2.84. The number of aliphatic hydroxyl groups excluding tert-OH is 2. The molecule has 0 aliphatic rings. The zero-order chi connectivity index (χ0) is 14.8. The van der Waals surface area contributed by atoms with E-state index in [4.69, 9.17) is 15.3 Å². The van der Waals surface area contributed by atoms with Crippen LogP contribution in [0.2, 0.25) is 0 Å². The van der Waals surface area contributed by atoms with Crippen LogP contribution in [-0.4, -0.2) is 34.5 Å². The molecular weight excluding hydrogens is 244 g/mol. The van der Waals surface area contributed by atoms with Crippen LogP contribution in [0.25, 0.3) is 0 Å². The molecule has 3 N–H and O–H groups in total. The molecule has 0 radical (unpaired) electrons. The molecule has 0 aromatic rings. The lowest BCUT2D eigenvalue weighted by Crippen LogP contribution is -1.93. The molecule has 0 aliphatic carbocycles. The van der Waals surface area contributed by atoms with Crippen molar-refractivity contribution in [1.29, 1.82) is 0 Å². The zero-order valence-electron chi connectivity index (χ0n) is 12.4. The summed E-state index contributed by atoms with van der Waals surface area (Å²) >= 11 is 0. The number of unbranched alkanes of at least 4 members (excludes halogenated alkanes) is 9. The molecule has 116 valence electrons. The quantitative estimate of drug-likeness (QED) is 0.478. The molecule has 0 saturated carbocycles. The fraction of sp³-hybridized carbons (Fsp3) is 0.933. The number of hydrogen-bond donors (Lipinski definition) is 3. The number of rotatable bonds is 12. The van der Waals surface area contributed by atoms with Gasteiger partial charge in [-0.05, 0) is 6.42 Å². The van der Waals surface area contributed by atoms with Gasteiger partial charge >= 0.3 is 5.97 Å². The highest BCUT2D eigenvalue weighted by Crippen LogP contribution is 2.10. The summed E-state index contributed by atoms with van der Waals surface area (Å²) in [4.78, 5) is 10.2. The Bertz CT molecular complexity index is 170. The van der Waals surface area contributed by atoms with E-state index in [1.54, 1.807) is 0 Å².